The van der Waals surface area contributed by atoms with E-state index in [2.05, 4.69) is 51.7 Å². The number of hydrogen-bond acceptors (Lipinski definition) is 2. The molecule has 0 radical (unpaired) electrons. The predicted molar refractivity (Wildman–Crippen MR) is 96.8 cm³/mol. The molecule has 0 saturated heterocycles. The monoisotopic (exact) mass is 319 g/mol. The number of hydrogen-bond donors (Lipinski definition) is 1. The van der Waals surface area contributed by atoms with Crippen LogP contribution in [-0.2, 0) is 5.41 Å². The van der Waals surface area contributed by atoms with Gasteiger partial charge in [-0.05, 0) is 54.4 Å². The standard InChI is InChI=1S/C20H30FNO/c1-7-22-9-8-20(5,6)17-11-15(13(2)3)10-16(19(17)22)14(4)18(21)12-23/h10-11,13,23H,7-9,12H2,1-6H3. The molecule has 3 heteroatoms. The van der Waals surface area contributed by atoms with E-state index in [1.165, 1.54) is 11.1 Å². The van der Waals surface area contributed by atoms with Crippen molar-refractivity contribution < 1.29 is 9.50 Å². The van der Waals surface area contributed by atoms with Gasteiger partial charge in [0.2, 0.25) is 0 Å². The second-order valence-electron chi connectivity index (χ2n) is 7.52. The minimum Gasteiger partial charge on any atom is -0.389 e. The molecular formula is C20H30FNO. The highest BCUT2D eigenvalue weighted by atomic mass is 19.1. The van der Waals surface area contributed by atoms with Gasteiger partial charge in [-0.3, -0.25) is 0 Å². The lowest BCUT2D eigenvalue weighted by Crippen LogP contribution is -2.38. The molecule has 0 amide bonds. The maximum Gasteiger partial charge on any atom is 0.129 e. The van der Waals surface area contributed by atoms with Crippen LogP contribution in [0, 0.1) is 0 Å². The van der Waals surface area contributed by atoms with Crippen LogP contribution in [0.15, 0.2) is 18.0 Å². The van der Waals surface area contributed by atoms with E-state index in [9.17, 15) is 9.50 Å². The Kier molecular flexibility index (Phi) is 5.20. The van der Waals surface area contributed by atoms with Crippen molar-refractivity contribution in [2.24, 2.45) is 0 Å². The van der Waals surface area contributed by atoms with Crippen LogP contribution >= 0.6 is 0 Å². The van der Waals surface area contributed by atoms with Crippen molar-refractivity contribution in [2.75, 3.05) is 24.6 Å². The van der Waals surface area contributed by atoms with E-state index in [-0.39, 0.29) is 5.41 Å². The van der Waals surface area contributed by atoms with E-state index in [1.54, 1.807) is 6.92 Å². The van der Waals surface area contributed by atoms with Gasteiger partial charge in [-0.1, -0.05) is 33.8 Å². The highest BCUT2D eigenvalue weighted by Crippen LogP contribution is 2.45. The van der Waals surface area contributed by atoms with Crippen LogP contribution in [0.3, 0.4) is 0 Å². The van der Waals surface area contributed by atoms with Crippen LogP contribution < -0.4 is 4.90 Å². The predicted octanol–water partition coefficient (Wildman–Crippen LogP) is 5.01. The smallest absolute Gasteiger partial charge is 0.129 e. The van der Waals surface area contributed by atoms with Gasteiger partial charge < -0.3 is 10.0 Å². The molecule has 1 aliphatic heterocycles. The lowest BCUT2D eigenvalue weighted by Gasteiger charge is -2.42. The number of allylic oxidation sites excluding steroid dienone is 1. The number of halogens is 1. The van der Waals surface area contributed by atoms with E-state index >= 15 is 0 Å². The molecule has 0 saturated carbocycles. The number of aliphatic hydroxyl groups excluding tert-OH is 1. The fraction of sp³-hybridized carbons (Fsp3) is 0.600. The van der Waals surface area contributed by atoms with Crippen molar-refractivity contribution in [3.63, 3.8) is 0 Å². The number of anilines is 1. The van der Waals surface area contributed by atoms with Gasteiger partial charge in [0.15, 0.2) is 0 Å². The average molecular weight is 319 g/mol. The van der Waals surface area contributed by atoms with Gasteiger partial charge in [0, 0.05) is 24.3 Å². The van der Waals surface area contributed by atoms with Crippen LogP contribution in [0.2, 0.25) is 0 Å². The Morgan fingerprint density at radius 3 is 2.52 bits per heavy atom. The molecule has 2 nitrogen and oxygen atoms in total. The van der Waals surface area contributed by atoms with E-state index in [0.29, 0.717) is 11.5 Å². The Morgan fingerprint density at radius 1 is 1.35 bits per heavy atom. The highest BCUT2D eigenvalue weighted by Gasteiger charge is 2.33. The first-order valence-corrected chi connectivity index (χ1v) is 8.62. The molecule has 0 aliphatic carbocycles. The molecule has 0 fully saturated rings. The minimum absolute atomic E-state index is 0.0800. The first-order chi connectivity index (χ1) is 10.7. The first kappa shape index (κ1) is 18.0. The number of nitrogens with zero attached hydrogens (tertiary/aromatic N) is 1. The Bertz CT molecular complexity index is 616. The summed E-state index contributed by atoms with van der Waals surface area (Å²) in [5.41, 5.74) is 5.26. The summed E-state index contributed by atoms with van der Waals surface area (Å²) < 4.78 is 14.1. The quantitative estimate of drug-likeness (QED) is 0.843. The number of rotatable bonds is 4. The van der Waals surface area contributed by atoms with Gasteiger partial charge in [0.1, 0.15) is 5.83 Å². The van der Waals surface area contributed by atoms with Crippen molar-refractivity contribution in [2.45, 2.75) is 59.3 Å². The third kappa shape index (κ3) is 3.30. The topological polar surface area (TPSA) is 23.5 Å². The van der Waals surface area contributed by atoms with Crippen LogP contribution in [0.4, 0.5) is 10.1 Å². The van der Waals surface area contributed by atoms with Gasteiger partial charge in [-0.2, -0.15) is 0 Å². The van der Waals surface area contributed by atoms with E-state index in [1.807, 2.05) is 0 Å². The Balaban J connectivity index is 2.81. The largest absolute Gasteiger partial charge is 0.389 e. The summed E-state index contributed by atoms with van der Waals surface area (Å²) in [6.45, 7) is 14.2. The summed E-state index contributed by atoms with van der Waals surface area (Å²) in [4.78, 5) is 2.34. The second-order valence-corrected chi connectivity index (χ2v) is 7.52. The van der Waals surface area contributed by atoms with Crippen molar-refractivity contribution in [1.29, 1.82) is 0 Å². The maximum atomic E-state index is 14.1. The molecule has 0 atom stereocenters. The summed E-state index contributed by atoms with van der Waals surface area (Å²) in [5.74, 6) is -0.0515. The van der Waals surface area contributed by atoms with Gasteiger partial charge >= 0.3 is 0 Å². The van der Waals surface area contributed by atoms with Gasteiger partial charge in [0.25, 0.3) is 0 Å². The summed E-state index contributed by atoms with van der Waals surface area (Å²) in [6, 6.07) is 4.41. The fourth-order valence-corrected chi connectivity index (χ4v) is 3.37. The normalized spacial score (nSPS) is 18.0. The Morgan fingerprint density at radius 2 is 2.00 bits per heavy atom. The van der Waals surface area contributed by atoms with Crippen molar-refractivity contribution >= 4 is 11.3 Å². The maximum absolute atomic E-state index is 14.1. The zero-order valence-electron chi connectivity index (χ0n) is 15.3. The molecule has 1 aliphatic rings. The fourth-order valence-electron chi connectivity index (χ4n) is 3.37. The third-order valence-corrected chi connectivity index (χ3v) is 5.18. The summed E-state index contributed by atoms with van der Waals surface area (Å²) >= 11 is 0. The summed E-state index contributed by atoms with van der Waals surface area (Å²) in [6.07, 6.45) is 1.10. The molecule has 2 rings (SSSR count). The van der Waals surface area contributed by atoms with E-state index < -0.39 is 12.4 Å². The van der Waals surface area contributed by atoms with E-state index in [4.69, 9.17) is 0 Å². The van der Waals surface area contributed by atoms with Crippen LogP contribution in [-0.4, -0.2) is 24.8 Å². The molecule has 1 N–H and O–H groups in total. The third-order valence-electron chi connectivity index (χ3n) is 5.18. The minimum atomic E-state index is -0.540. The zero-order chi connectivity index (χ0) is 17.4. The summed E-state index contributed by atoms with van der Waals surface area (Å²) in [7, 11) is 0. The number of benzene rings is 1. The molecule has 0 bridgehead atoms. The second kappa shape index (κ2) is 6.64. The van der Waals surface area contributed by atoms with Gasteiger partial charge in [-0.15, -0.1) is 0 Å². The molecule has 1 aromatic carbocycles. The number of fused-ring (bicyclic) bond motifs is 1. The average Bonchev–Trinajstić information content (AvgIpc) is 2.52. The lowest BCUT2D eigenvalue weighted by atomic mass is 9.74. The van der Waals surface area contributed by atoms with Crippen molar-refractivity contribution in [1.82, 2.24) is 0 Å². The molecule has 0 spiro atoms. The van der Waals surface area contributed by atoms with Crippen LogP contribution in [0.1, 0.15) is 70.6 Å². The van der Waals surface area contributed by atoms with Gasteiger partial charge in [0.05, 0.1) is 6.61 Å². The molecule has 1 heterocycles. The number of aliphatic hydroxyl groups is 1. The molecule has 0 aromatic heterocycles. The Labute approximate surface area is 140 Å². The SMILES string of the molecule is CCN1CCC(C)(C)c2cc(C(C)C)cc(C(C)=C(F)CO)c21. The molecule has 23 heavy (non-hydrogen) atoms. The molecular weight excluding hydrogens is 289 g/mol. The highest BCUT2D eigenvalue weighted by molar-refractivity contribution is 5.81. The molecule has 1 aromatic rings. The summed E-state index contributed by atoms with van der Waals surface area (Å²) in [5, 5.41) is 9.23. The van der Waals surface area contributed by atoms with E-state index in [0.717, 1.165) is 30.8 Å². The Hall–Kier alpha value is -1.35. The lowest BCUT2D eigenvalue weighted by molar-refractivity contribution is 0.299. The van der Waals surface area contributed by atoms with Gasteiger partial charge in [-0.25, -0.2) is 4.39 Å². The molecule has 128 valence electrons. The van der Waals surface area contributed by atoms with Crippen molar-refractivity contribution in [3.05, 3.63) is 34.6 Å². The molecule has 0 unspecified atom stereocenters. The van der Waals surface area contributed by atoms with Crippen molar-refractivity contribution in [3.8, 4) is 0 Å². The first-order valence-electron chi connectivity index (χ1n) is 8.62. The van der Waals surface area contributed by atoms with Crippen LogP contribution in [0.5, 0.6) is 0 Å². The zero-order valence-corrected chi connectivity index (χ0v) is 15.3. The van der Waals surface area contributed by atoms with Crippen LogP contribution in [0.25, 0.3) is 5.57 Å².